The van der Waals surface area contributed by atoms with Crippen LogP contribution in [0.25, 0.3) is 10.9 Å². The molecule has 0 aliphatic carbocycles. The van der Waals surface area contributed by atoms with E-state index < -0.39 is 0 Å². The Morgan fingerprint density at radius 2 is 2.00 bits per heavy atom. The molecule has 0 saturated heterocycles. The molecule has 2 rings (SSSR count). The molecule has 0 unspecified atom stereocenters. The molecule has 0 bridgehead atoms. The van der Waals surface area contributed by atoms with Crippen LogP contribution >= 0.6 is 0 Å². The van der Waals surface area contributed by atoms with Gasteiger partial charge in [0.05, 0.1) is 12.6 Å². The van der Waals surface area contributed by atoms with Gasteiger partial charge in [0, 0.05) is 25.2 Å². The summed E-state index contributed by atoms with van der Waals surface area (Å²) in [6.07, 6.45) is 3.20. The van der Waals surface area contributed by atoms with Gasteiger partial charge in [-0.3, -0.25) is 0 Å². The zero-order valence-electron chi connectivity index (χ0n) is 12.1. The lowest BCUT2D eigenvalue weighted by Crippen LogP contribution is -2.14. The lowest BCUT2D eigenvalue weighted by molar-refractivity contribution is 0.134. The highest BCUT2D eigenvalue weighted by Gasteiger charge is 2.09. The van der Waals surface area contributed by atoms with Crippen molar-refractivity contribution in [1.82, 2.24) is 9.47 Å². The number of hydrogen-bond donors (Lipinski definition) is 0. The molecule has 0 spiro atoms. The minimum absolute atomic E-state index is 0.574. The molecule has 104 valence electrons. The van der Waals surface area contributed by atoms with Gasteiger partial charge in [0.25, 0.3) is 0 Å². The monoisotopic (exact) mass is 262 g/mol. The molecule has 1 heterocycles. The Morgan fingerprint density at radius 3 is 2.63 bits per heavy atom. The van der Waals surface area contributed by atoms with Crippen molar-refractivity contribution < 1.29 is 9.47 Å². The maximum atomic E-state index is 5.32. The summed E-state index contributed by atoms with van der Waals surface area (Å²) in [5, 5.41) is 1.25. The molecular formula is C15H22N2O2. The van der Waals surface area contributed by atoms with E-state index in [2.05, 4.69) is 41.9 Å². The second kappa shape index (κ2) is 6.08. The Bertz CT molecular complexity index is 546. The van der Waals surface area contributed by atoms with Crippen molar-refractivity contribution in [3.8, 4) is 5.75 Å². The summed E-state index contributed by atoms with van der Waals surface area (Å²) >= 11 is 0. The number of likely N-dealkylation sites (N-methyl/N-ethyl adjacent to an activating group) is 1. The highest BCUT2D eigenvalue weighted by molar-refractivity contribution is 5.85. The molecule has 0 radical (unpaired) electrons. The Morgan fingerprint density at radius 1 is 1.21 bits per heavy atom. The first-order valence-electron chi connectivity index (χ1n) is 6.45. The highest BCUT2D eigenvalue weighted by Crippen LogP contribution is 2.26. The quantitative estimate of drug-likeness (QED) is 0.799. The van der Waals surface area contributed by atoms with Crippen molar-refractivity contribution in [2.24, 2.45) is 0 Å². The van der Waals surface area contributed by atoms with Crippen LogP contribution in [0, 0.1) is 0 Å². The molecule has 4 nitrogen and oxygen atoms in total. The number of hydrogen-bond acceptors (Lipinski definition) is 3. The van der Waals surface area contributed by atoms with E-state index in [4.69, 9.17) is 9.47 Å². The van der Waals surface area contributed by atoms with Gasteiger partial charge in [-0.1, -0.05) is 0 Å². The van der Waals surface area contributed by atoms with E-state index in [0.717, 1.165) is 18.7 Å². The summed E-state index contributed by atoms with van der Waals surface area (Å²) in [5.74, 6) is 0.897. The van der Waals surface area contributed by atoms with E-state index in [1.54, 1.807) is 14.2 Å². The fourth-order valence-corrected chi connectivity index (χ4v) is 2.27. The average molecular weight is 262 g/mol. The molecule has 0 atom stereocenters. The number of aromatic nitrogens is 1. The predicted molar refractivity (Wildman–Crippen MR) is 77.8 cm³/mol. The molecule has 0 aliphatic rings. The van der Waals surface area contributed by atoms with Gasteiger partial charge in [-0.25, -0.2) is 0 Å². The van der Waals surface area contributed by atoms with Gasteiger partial charge in [-0.2, -0.15) is 0 Å². The molecule has 19 heavy (non-hydrogen) atoms. The van der Waals surface area contributed by atoms with Crippen LogP contribution in [0.3, 0.4) is 0 Å². The second-order valence-electron chi connectivity index (χ2n) is 4.98. The first kappa shape index (κ1) is 13.9. The van der Waals surface area contributed by atoms with Gasteiger partial charge < -0.3 is 18.9 Å². The average Bonchev–Trinajstić information content (AvgIpc) is 2.74. The van der Waals surface area contributed by atoms with Crippen molar-refractivity contribution in [2.45, 2.75) is 13.2 Å². The Hall–Kier alpha value is -1.52. The van der Waals surface area contributed by atoms with E-state index in [9.17, 15) is 0 Å². The van der Waals surface area contributed by atoms with Gasteiger partial charge in [0.15, 0.2) is 0 Å². The summed E-state index contributed by atoms with van der Waals surface area (Å²) in [7, 11) is 7.60. The van der Waals surface area contributed by atoms with Crippen LogP contribution in [-0.4, -0.2) is 44.3 Å². The summed E-state index contributed by atoms with van der Waals surface area (Å²) in [6.45, 7) is 1.61. The summed E-state index contributed by atoms with van der Waals surface area (Å²) in [4.78, 5) is 2.19. The number of rotatable bonds is 6. The van der Waals surface area contributed by atoms with Crippen LogP contribution in [0.15, 0.2) is 24.4 Å². The summed E-state index contributed by atoms with van der Waals surface area (Å²) < 4.78 is 12.7. The summed E-state index contributed by atoms with van der Waals surface area (Å²) in [5.41, 5.74) is 2.52. The number of ether oxygens (including phenoxy) is 2. The van der Waals surface area contributed by atoms with Gasteiger partial charge in [0.2, 0.25) is 0 Å². The zero-order valence-corrected chi connectivity index (χ0v) is 12.1. The third kappa shape index (κ3) is 3.08. The maximum absolute atomic E-state index is 5.32. The second-order valence-corrected chi connectivity index (χ2v) is 4.98. The van der Waals surface area contributed by atoms with E-state index in [1.807, 2.05) is 6.07 Å². The van der Waals surface area contributed by atoms with E-state index >= 15 is 0 Å². The van der Waals surface area contributed by atoms with Crippen LogP contribution in [0.5, 0.6) is 5.75 Å². The number of methoxy groups -OCH3 is 2. The highest BCUT2D eigenvalue weighted by atomic mass is 16.5. The number of fused-ring (bicyclic) bond motifs is 1. The van der Waals surface area contributed by atoms with Gasteiger partial charge in [-0.15, -0.1) is 0 Å². The minimum Gasteiger partial charge on any atom is -0.497 e. The molecule has 1 aromatic heterocycles. The molecule has 0 N–H and O–H groups in total. The molecule has 0 aliphatic heterocycles. The van der Waals surface area contributed by atoms with E-state index in [-0.39, 0.29) is 0 Å². The van der Waals surface area contributed by atoms with Crippen molar-refractivity contribution >= 4 is 10.9 Å². The predicted octanol–water partition coefficient (Wildman–Crippen LogP) is 2.36. The SMILES string of the molecule is COCn1cc(CCN(C)C)c2cc(OC)ccc21. The summed E-state index contributed by atoms with van der Waals surface area (Å²) in [6, 6.07) is 6.18. The first-order valence-corrected chi connectivity index (χ1v) is 6.45. The molecule has 0 saturated carbocycles. The zero-order chi connectivity index (χ0) is 13.8. The van der Waals surface area contributed by atoms with Crippen LogP contribution in [0.2, 0.25) is 0 Å². The molecular weight excluding hydrogens is 240 g/mol. The number of benzene rings is 1. The fourth-order valence-electron chi connectivity index (χ4n) is 2.27. The van der Waals surface area contributed by atoms with Crippen LogP contribution in [0.4, 0.5) is 0 Å². The van der Waals surface area contributed by atoms with Crippen molar-refractivity contribution in [1.29, 1.82) is 0 Å². The van der Waals surface area contributed by atoms with Gasteiger partial charge >= 0.3 is 0 Å². The maximum Gasteiger partial charge on any atom is 0.122 e. The van der Waals surface area contributed by atoms with Crippen molar-refractivity contribution in [3.05, 3.63) is 30.0 Å². The van der Waals surface area contributed by atoms with Crippen molar-refractivity contribution in [3.63, 3.8) is 0 Å². The Kier molecular flexibility index (Phi) is 4.45. The largest absolute Gasteiger partial charge is 0.497 e. The lowest BCUT2D eigenvalue weighted by Gasteiger charge is -2.08. The third-order valence-corrected chi connectivity index (χ3v) is 3.27. The smallest absolute Gasteiger partial charge is 0.122 e. The standard InChI is InChI=1S/C15H22N2O2/c1-16(2)8-7-12-10-17(11-18-3)15-6-5-13(19-4)9-14(12)15/h5-6,9-10H,7-8,11H2,1-4H3. The fraction of sp³-hybridized carbons (Fsp3) is 0.467. The Labute approximate surface area is 114 Å². The van der Waals surface area contributed by atoms with Crippen molar-refractivity contribution in [2.75, 3.05) is 34.9 Å². The van der Waals surface area contributed by atoms with Gasteiger partial charge in [0.1, 0.15) is 12.5 Å². The number of nitrogens with zero attached hydrogens (tertiary/aromatic N) is 2. The van der Waals surface area contributed by atoms with Crippen LogP contribution in [-0.2, 0) is 17.9 Å². The van der Waals surface area contributed by atoms with Crippen LogP contribution < -0.4 is 4.74 Å². The first-order chi connectivity index (χ1) is 9.15. The molecule has 4 heteroatoms. The normalized spacial score (nSPS) is 11.4. The van der Waals surface area contributed by atoms with Crippen LogP contribution in [0.1, 0.15) is 5.56 Å². The van der Waals surface area contributed by atoms with Gasteiger partial charge in [-0.05, 0) is 44.3 Å². The topological polar surface area (TPSA) is 26.6 Å². The van der Waals surface area contributed by atoms with E-state index in [0.29, 0.717) is 6.73 Å². The Balaban J connectivity index is 2.42. The third-order valence-electron chi connectivity index (χ3n) is 3.27. The molecule has 0 amide bonds. The van der Waals surface area contributed by atoms with E-state index in [1.165, 1.54) is 16.5 Å². The lowest BCUT2D eigenvalue weighted by atomic mass is 10.1. The molecule has 1 aromatic carbocycles. The minimum atomic E-state index is 0.574. The molecule has 2 aromatic rings. The molecule has 0 fully saturated rings.